The van der Waals surface area contributed by atoms with E-state index in [-0.39, 0.29) is 18.2 Å². The molecule has 4 rings (SSSR count). The van der Waals surface area contributed by atoms with Crippen LogP contribution in [0.5, 0.6) is 5.75 Å². The zero-order valence-electron chi connectivity index (χ0n) is 15.7. The summed E-state index contributed by atoms with van der Waals surface area (Å²) in [5.74, 6) is 0.500. The molecule has 2 amide bonds. The number of nitrogens with zero attached hydrogens (tertiary/aromatic N) is 1. The molecular weight excluding hydrogens is 352 g/mol. The Morgan fingerprint density at radius 1 is 1.00 bits per heavy atom. The second-order valence-electron chi connectivity index (χ2n) is 6.94. The predicted molar refractivity (Wildman–Crippen MR) is 109 cm³/mol. The van der Waals surface area contributed by atoms with Crippen LogP contribution in [-0.2, 0) is 16.0 Å². The summed E-state index contributed by atoms with van der Waals surface area (Å²) in [4.78, 5) is 26.5. The second-order valence-corrected chi connectivity index (χ2v) is 6.94. The number of likely N-dealkylation sites (tertiary alicyclic amines) is 1. The molecule has 0 unspecified atom stereocenters. The van der Waals surface area contributed by atoms with Gasteiger partial charge in [-0.1, -0.05) is 42.5 Å². The molecule has 0 saturated carbocycles. The Bertz CT molecular complexity index is 1010. The number of anilines is 1. The number of hydrogen-bond donors (Lipinski definition) is 1. The minimum Gasteiger partial charge on any atom is -0.497 e. The van der Waals surface area contributed by atoms with Gasteiger partial charge in [0.05, 0.1) is 13.5 Å². The third-order valence-electron chi connectivity index (χ3n) is 5.12. The van der Waals surface area contributed by atoms with Gasteiger partial charge in [-0.2, -0.15) is 0 Å². The fraction of sp³-hybridized carbons (Fsp3) is 0.217. The molecule has 3 aromatic rings. The lowest BCUT2D eigenvalue weighted by Gasteiger charge is -2.16. The largest absolute Gasteiger partial charge is 0.497 e. The third kappa shape index (κ3) is 3.69. The zero-order valence-corrected chi connectivity index (χ0v) is 15.7. The number of nitrogens with one attached hydrogen (secondary N) is 1. The number of benzene rings is 3. The molecule has 1 atom stereocenters. The van der Waals surface area contributed by atoms with Gasteiger partial charge in [-0.3, -0.25) is 14.5 Å². The molecule has 28 heavy (non-hydrogen) atoms. The van der Waals surface area contributed by atoms with Gasteiger partial charge in [0.1, 0.15) is 11.8 Å². The van der Waals surface area contributed by atoms with E-state index in [4.69, 9.17) is 4.74 Å². The van der Waals surface area contributed by atoms with Crippen LogP contribution in [0.3, 0.4) is 0 Å². The second kappa shape index (κ2) is 7.72. The maximum absolute atomic E-state index is 12.7. The molecule has 5 heteroatoms. The van der Waals surface area contributed by atoms with Gasteiger partial charge in [0.15, 0.2) is 0 Å². The average Bonchev–Trinajstić information content (AvgIpc) is 2.99. The van der Waals surface area contributed by atoms with Gasteiger partial charge in [-0.05, 0) is 47.0 Å². The summed E-state index contributed by atoms with van der Waals surface area (Å²) in [6, 6.07) is 21.2. The molecule has 142 valence electrons. The minimum atomic E-state index is -0.510. The summed E-state index contributed by atoms with van der Waals surface area (Å²) < 4.78 is 5.15. The number of rotatable bonds is 6. The Kier molecular flexibility index (Phi) is 4.98. The van der Waals surface area contributed by atoms with Gasteiger partial charge in [0.2, 0.25) is 5.91 Å². The van der Waals surface area contributed by atoms with Crippen molar-refractivity contribution >= 4 is 28.3 Å². The highest BCUT2D eigenvalue weighted by atomic mass is 16.5. The molecule has 0 radical (unpaired) electrons. The van der Waals surface area contributed by atoms with E-state index in [0.29, 0.717) is 13.0 Å². The fourth-order valence-corrected chi connectivity index (χ4v) is 3.54. The Balaban J connectivity index is 1.41. The summed E-state index contributed by atoms with van der Waals surface area (Å²) in [7, 11) is 1.62. The molecule has 1 aliphatic heterocycles. The van der Waals surface area contributed by atoms with Crippen LogP contribution in [0, 0.1) is 0 Å². The molecule has 1 saturated heterocycles. The molecule has 1 aliphatic rings. The first kappa shape index (κ1) is 18.0. The number of fused-ring (bicyclic) bond motifs is 1. The van der Waals surface area contributed by atoms with Crippen molar-refractivity contribution in [3.63, 3.8) is 0 Å². The highest BCUT2D eigenvalue weighted by Gasteiger charge is 2.38. The van der Waals surface area contributed by atoms with Crippen LogP contribution in [0.4, 0.5) is 5.69 Å². The van der Waals surface area contributed by atoms with E-state index >= 15 is 0 Å². The average molecular weight is 374 g/mol. The quantitative estimate of drug-likeness (QED) is 0.670. The number of hydrogen-bond acceptors (Lipinski definition) is 4. The Morgan fingerprint density at radius 2 is 1.75 bits per heavy atom. The standard InChI is InChI=1S/C23H22N2O3/c1-28-20-10-6-16(7-11-20)12-13-25-22(26)15-21(23(25)27)24-19-9-8-17-4-2-3-5-18(17)14-19/h2-11,14,21,24H,12-13,15H2,1H3/t21-/m0/s1. The van der Waals surface area contributed by atoms with Crippen molar-refractivity contribution in [2.75, 3.05) is 19.0 Å². The number of ether oxygens (including phenoxy) is 1. The van der Waals surface area contributed by atoms with Crippen LogP contribution in [-0.4, -0.2) is 36.4 Å². The van der Waals surface area contributed by atoms with Gasteiger partial charge in [0, 0.05) is 12.2 Å². The number of carbonyl (C=O) groups excluding carboxylic acids is 2. The van der Waals surface area contributed by atoms with Crippen molar-refractivity contribution < 1.29 is 14.3 Å². The van der Waals surface area contributed by atoms with Gasteiger partial charge < -0.3 is 10.1 Å². The molecule has 1 fully saturated rings. The van der Waals surface area contributed by atoms with Gasteiger partial charge in [-0.15, -0.1) is 0 Å². The van der Waals surface area contributed by atoms with Crippen LogP contribution in [0.2, 0.25) is 0 Å². The van der Waals surface area contributed by atoms with Crippen LogP contribution in [0.1, 0.15) is 12.0 Å². The molecule has 0 bridgehead atoms. The summed E-state index contributed by atoms with van der Waals surface area (Å²) in [6.45, 7) is 0.389. The van der Waals surface area contributed by atoms with E-state index in [1.54, 1.807) is 7.11 Å². The van der Waals surface area contributed by atoms with Crippen molar-refractivity contribution in [2.24, 2.45) is 0 Å². The SMILES string of the molecule is COc1ccc(CCN2C(=O)C[C@H](Nc3ccc4ccccc4c3)C2=O)cc1. The van der Waals surface area contributed by atoms with E-state index < -0.39 is 6.04 Å². The normalized spacial score (nSPS) is 16.6. The first-order valence-corrected chi connectivity index (χ1v) is 9.36. The lowest BCUT2D eigenvalue weighted by molar-refractivity contribution is -0.138. The summed E-state index contributed by atoms with van der Waals surface area (Å²) in [5, 5.41) is 5.47. The van der Waals surface area contributed by atoms with Gasteiger partial charge in [0.25, 0.3) is 5.91 Å². The Labute approximate surface area is 163 Å². The van der Waals surface area contributed by atoms with Crippen molar-refractivity contribution in [3.8, 4) is 5.75 Å². The first-order valence-electron chi connectivity index (χ1n) is 9.36. The summed E-state index contributed by atoms with van der Waals surface area (Å²) in [5.41, 5.74) is 1.91. The van der Waals surface area contributed by atoms with Crippen LogP contribution >= 0.6 is 0 Å². The maximum Gasteiger partial charge on any atom is 0.252 e. The Hall–Kier alpha value is -3.34. The zero-order chi connectivity index (χ0) is 19.5. The highest BCUT2D eigenvalue weighted by Crippen LogP contribution is 2.23. The van der Waals surface area contributed by atoms with Crippen molar-refractivity contribution in [1.82, 2.24) is 4.90 Å². The first-order chi connectivity index (χ1) is 13.6. The van der Waals surface area contributed by atoms with Crippen LogP contribution < -0.4 is 10.1 Å². The van der Waals surface area contributed by atoms with Crippen molar-refractivity contribution in [2.45, 2.75) is 18.9 Å². The smallest absolute Gasteiger partial charge is 0.252 e. The third-order valence-corrected chi connectivity index (χ3v) is 5.12. The number of methoxy groups -OCH3 is 1. The van der Waals surface area contributed by atoms with Gasteiger partial charge in [-0.25, -0.2) is 0 Å². The molecule has 5 nitrogen and oxygen atoms in total. The Morgan fingerprint density at radius 3 is 2.50 bits per heavy atom. The predicted octanol–water partition coefficient (Wildman–Crippen LogP) is 3.63. The monoisotopic (exact) mass is 374 g/mol. The molecule has 0 aliphatic carbocycles. The molecule has 1 N–H and O–H groups in total. The molecule has 3 aromatic carbocycles. The lowest BCUT2D eigenvalue weighted by Crippen LogP contribution is -2.36. The van der Waals surface area contributed by atoms with Crippen LogP contribution in [0.25, 0.3) is 10.8 Å². The maximum atomic E-state index is 12.7. The molecule has 0 aromatic heterocycles. The fourth-order valence-electron chi connectivity index (χ4n) is 3.54. The van der Waals surface area contributed by atoms with Crippen LogP contribution in [0.15, 0.2) is 66.7 Å². The van der Waals surface area contributed by atoms with Crippen molar-refractivity contribution in [3.05, 3.63) is 72.3 Å². The van der Waals surface area contributed by atoms with E-state index in [9.17, 15) is 9.59 Å². The van der Waals surface area contributed by atoms with Crippen molar-refractivity contribution in [1.29, 1.82) is 0 Å². The molecule has 0 spiro atoms. The van der Waals surface area contributed by atoms with E-state index in [2.05, 4.69) is 5.32 Å². The lowest BCUT2D eigenvalue weighted by atomic mass is 10.1. The number of carbonyl (C=O) groups is 2. The minimum absolute atomic E-state index is 0.128. The molecular formula is C23H22N2O3. The topological polar surface area (TPSA) is 58.6 Å². The van der Waals surface area contributed by atoms with E-state index in [1.165, 1.54) is 4.90 Å². The van der Waals surface area contributed by atoms with E-state index in [0.717, 1.165) is 27.8 Å². The molecule has 1 heterocycles. The number of imide groups is 1. The summed E-state index contributed by atoms with van der Waals surface area (Å²) in [6.07, 6.45) is 0.818. The summed E-state index contributed by atoms with van der Waals surface area (Å²) >= 11 is 0. The van der Waals surface area contributed by atoms with E-state index in [1.807, 2.05) is 66.7 Å². The van der Waals surface area contributed by atoms with Gasteiger partial charge >= 0.3 is 0 Å². The highest BCUT2D eigenvalue weighted by molar-refractivity contribution is 6.07. The number of amides is 2.